The first-order valence-electron chi connectivity index (χ1n) is 5.94. The van der Waals surface area contributed by atoms with Crippen LogP contribution in [-0.4, -0.2) is 36.9 Å². The van der Waals surface area contributed by atoms with E-state index in [1.807, 2.05) is 0 Å². The van der Waals surface area contributed by atoms with Gasteiger partial charge in [-0.15, -0.1) is 0 Å². The zero-order chi connectivity index (χ0) is 13.9. The highest BCUT2D eigenvalue weighted by atomic mass is 32.2. The number of amides is 1. The molecule has 1 atom stereocenters. The number of nitrogens with one attached hydrogen (secondary N) is 2. The van der Waals surface area contributed by atoms with Crippen LogP contribution in [0.3, 0.4) is 0 Å². The number of pyridine rings is 1. The first-order valence-corrected chi connectivity index (χ1v) is 7.76. The van der Waals surface area contributed by atoms with E-state index in [4.69, 9.17) is 5.84 Å². The van der Waals surface area contributed by atoms with Crippen molar-refractivity contribution < 1.29 is 13.2 Å². The van der Waals surface area contributed by atoms with Gasteiger partial charge in [0, 0.05) is 18.4 Å². The quantitative estimate of drug-likeness (QED) is 0.517. The molecule has 0 aliphatic carbocycles. The summed E-state index contributed by atoms with van der Waals surface area (Å²) in [5, 5.41) is 2.71. The second kappa shape index (κ2) is 5.54. The van der Waals surface area contributed by atoms with E-state index in [-0.39, 0.29) is 23.5 Å². The SMILES string of the molecule is NNc1ccncc1C(=O)NC1CCCS(=O)(=O)C1. The molecule has 0 spiro atoms. The molecular formula is C11H16N4O3S. The maximum absolute atomic E-state index is 12.1. The topological polar surface area (TPSA) is 114 Å². The minimum Gasteiger partial charge on any atom is -0.348 e. The summed E-state index contributed by atoms with van der Waals surface area (Å²) >= 11 is 0. The van der Waals surface area contributed by atoms with Gasteiger partial charge in [0.25, 0.3) is 5.91 Å². The number of hydrogen-bond acceptors (Lipinski definition) is 6. The number of sulfone groups is 1. The minimum absolute atomic E-state index is 0.00953. The summed E-state index contributed by atoms with van der Waals surface area (Å²) in [6.07, 6.45) is 4.14. The van der Waals surface area contributed by atoms with Crippen LogP contribution in [0.15, 0.2) is 18.5 Å². The van der Waals surface area contributed by atoms with E-state index in [1.54, 1.807) is 6.07 Å². The lowest BCUT2D eigenvalue weighted by Gasteiger charge is -2.23. The van der Waals surface area contributed by atoms with Gasteiger partial charge in [-0.1, -0.05) is 0 Å². The van der Waals surface area contributed by atoms with Gasteiger partial charge in [-0.3, -0.25) is 15.6 Å². The average Bonchev–Trinajstić information content (AvgIpc) is 2.37. The number of aromatic nitrogens is 1. The predicted molar refractivity (Wildman–Crippen MR) is 71.2 cm³/mol. The van der Waals surface area contributed by atoms with E-state index in [2.05, 4.69) is 15.7 Å². The van der Waals surface area contributed by atoms with Gasteiger partial charge < -0.3 is 10.7 Å². The molecule has 0 aromatic carbocycles. The van der Waals surface area contributed by atoms with Crippen LogP contribution in [0.2, 0.25) is 0 Å². The molecule has 2 rings (SSSR count). The van der Waals surface area contributed by atoms with Gasteiger partial charge in [-0.05, 0) is 18.9 Å². The molecule has 19 heavy (non-hydrogen) atoms. The van der Waals surface area contributed by atoms with Gasteiger partial charge in [0.15, 0.2) is 9.84 Å². The summed E-state index contributed by atoms with van der Waals surface area (Å²) in [5.74, 6) is 5.13. The Morgan fingerprint density at radius 1 is 1.47 bits per heavy atom. The summed E-state index contributed by atoms with van der Waals surface area (Å²) in [6, 6.07) is 1.23. The number of carbonyl (C=O) groups excluding carboxylic acids is 1. The van der Waals surface area contributed by atoms with Crippen LogP contribution >= 0.6 is 0 Å². The summed E-state index contributed by atoms with van der Waals surface area (Å²) in [7, 11) is -3.05. The Balaban J connectivity index is 2.09. The van der Waals surface area contributed by atoms with Crippen molar-refractivity contribution in [1.82, 2.24) is 10.3 Å². The Morgan fingerprint density at radius 3 is 2.95 bits per heavy atom. The number of nitrogens with zero attached hydrogens (tertiary/aromatic N) is 1. The second-order valence-corrected chi connectivity index (χ2v) is 6.72. The number of nitrogens with two attached hydrogens (primary N) is 1. The molecule has 1 aliphatic heterocycles. The number of carbonyl (C=O) groups is 1. The molecule has 1 fully saturated rings. The van der Waals surface area contributed by atoms with Crippen LogP contribution in [0.25, 0.3) is 0 Å². The van der Waals surface area contributed by atoms with Gasteiger partial charge in [-0.2, -0.15) is 0 Å². The van der Waals surface area contributed by atoms with E-state index < -0.39 is 9.84 Å². The highest BCUT2D eigenvalue weighted by molar-refractivity contribution is 7.91. The number of hydrazine groups is 1. The molecule has 0 saturated carbocycles. The van der Waals surface area contributed by atoms with E-state index in [9.17, 15) is 13.2 Å². The number of rotatable bonds is 3. The van der Waals surface area contributed by atoms with Crippen molar-refractivity contribution in [2.75, 3.05) is 16.9 Å². The van der Waals surface area contributed by atoms with Crippen molar-refractivity contribution in [2.45, 2.75) is 18.9 Å². The fourth-order valence-electron chi connectivity index (χ4n) is 2.10. The predicted octanol–water partition coefficient (Wildman–Crippen LogP) is -0.326. The molecule has 1 aromatic rings. The Kier molecular flexibility index (Phi) is 4.01. The molecule has 1 saturated heterocycles. The molecule has 1 aliphatic rings. The van der Waals surface area contributed by atoms with Crippen molar-refractivity contribution in [2.24, 2.45) is 5.84 Å². The average molecular weight is 284 g/mol. The highest BCUT2D eigenvalue weighted by Crippen LogP contribution is 2.15. The fraction of sp³-hybridized carbons (Fsp3) is 0.455. The van der Waals surface area contributed by atoms with Crippen molar-refractivity contribution in [3.63, 3.8) is 0 Å². The van der Waals surface area contributed by atoms with Crippen LogP contribution in [0, 0.1) is 0 Å². The standard InChI is InChI=1S/C11H16N4O3S/c12-15-10-3-4-13-6-9(10)11(16)14-8-2-1-5-19(17,18)7-8/h3-4,6,8H,1-2,5,7,12H2,(H,13,15)(H,14,16). The molecule has 1 unspecified atom stereocenters. The third-order valence-corrected chi connectivity index (χ3v) is 4.84. The van der Waals surface area contributed by atoms with Gasteiger partial charge in [0.2, 0.25) is 0 Å². The van der Waals surface area contributed by atoms with E-state index in [0.29, 0.717) is 24.1 Å². The minimum atomic E-state index is -3.05. The van der Waals surface area contributed by atoms with Crippen LogP contribution in [0.4, 0.5) is 5.69 Å². The normalized spacial score (nSPS) is 21.6. The van der Waals surface area contributed by atoms with Crippen LogP contribution < -0.4 is 16.6 Å². The zero-order valence-electron chi connectivity index (χ0n) is 10.3. The van der Waals surface area contributed by atoms with Gasteiger partial charge in [-0.25, -0.2) is 8.42 Å². The Labute approximate surface area is 111 Å². The summed E-state index contributed by atoms with van der Waals surface area (Å²) < 4.78 is 23.0. The van der Waals surface area contributed by atoms with E-state index in [1.165, 1.54) is 12.4 Å². The summed E-state index contributed by atoms with van der Waals surface area (Å²) in [5.41, 5.74) is 3.16. The Morgan fingerprint density at radius 2 is 2.26 bits per heavy atom. The first kappa shape index (κ1) is 13.8. The Bertz CT molecular complexity index is 573. The molecule has 104 valence electrons. The van der Waals surface area contributed by atoms with E-state index in [0.717, 1.165) is 0 Å². The highest BCUT2D eigenvalue weighted by Gasteiger charge is 2.26. The maximum Gasteiger partial charge on any atom is 0.255 e. The second-order valence-electron chi connectivity index (χ2n) is 4.49. The fourth-order valence-corrected chi connectivity index (χ4v) is 3.74. The molecule has 1 aromatic heterocycles. The number of nitrogen functional groups attached to an aromatic ring is 1. The monoisotopic (exact) mass is 284 g/mol. The van der Waals surface area contributed by atoms with Gasteiger partial charge in [0.1, 0.15) is 0 Å². The van der Waals surface area contributed by atoms with Gasteiger partial charge in [0.05, 0.1) is 22.8 Å². The van der Waals surface area contributed by atoms with Crippen molar-refractivity contribution >= 4 is 21.4 Å². The Hall–Kier alpha value is -1.67. The first-order chi connectivity index (χ1) is 9.02. The zero-order valence-corrected chi connectivity index (χ0v) is 11.1. The third kappa shape index (κ3) is 3.42. The molecule has 1 amide bonds. The van der Waals surface area contributed by atoms with Crippen LogP contribution in [0.1, 0.15) is 23.2 Å². The molecule has 2 heterocycles. The molecule has 0 radical (unpaired) electrons. The van der Waals surface area contributed by atoms with Crippen molar-refractivity contribution in [3.05, 3.63) is 24.0 Å². The molecule has 8 heteroatoms. The lowest BCUT2D eigenvalue weighted by atomic mass is 10.1. The number of hydrogen-bond donors (Lipinski definition) is 3. The largest absolute Gasteiger partial charge is 0.348 e. The number of anilines is 1. The molecule has 7 nitrogen and oxygen atoms in total. The van der Waals surface area contributed by atoms with Crippen molar-refractivity contribution in [1.29, 1.82) is 0 Å². The van der Waals surface area contributed by atoms with E-state index >= 15 is 0 Å². The van der Waals surface area contributed by atoms with Gasteiger partial charge >= 0.3 is 0 Å². The third-order valence-electron chi connectivity index (χ3n) is 3.02. The summed E-state index contributed by atoms with van der Waals surface area (Å²) in [4.78, 5) is 15.9. The lowest BCUT2D eigenvalue weighted by Crippen LogP contribution is -2.43. The van der Waals surface area contributed by atoms with Crippen LogP contribution in [0.5, 0.6) is 0 Å². The molecular weight excluding hydrogens is 268 g/mol. The lowest BCUT2D eigenvalue weighted by molar-refractivity contribution is 0.0938. The molecule has 4 N–H and O–H groups in total. The summed E-state index contributed by atoms with van der Waals surface area (Å²) in [6.45, 7) is 0. The molecule has 0 bridgehead atoms. The van der Waals surface area contributed by atoms with Crippen molar-refractivity contribution in [3.8, 4) is 0 Å². The smallest absolute Gasteiger partial charge is 0.255 e. The van der Waals surface area contributed by atoms with Crippen LogP contribution in [-0.2, 0) is 9.84 Å². The maximum atomic E-state index is 12.1.